The summed E-state index contributed by atoms with van der Waals surface area (Å²) < 4.78 is 5.62. The predicted molar refractivity (Wildman–Crippen MR) is 137 cm³/mol. The highest BCUT2D eigenvalue weighted by molar-refractivity contribution is 7.12. The summed E-state index contributed by atoms with van der Waals surface area (Å²) in [5, 5.41) is 2.90. The molecule has 9 heteroatoms. The summed E-state index contributed by atoms with van der Waals surface area (Å²) in [6.07, 6.45) is 1.80. The Morgan fingerprint density at radius 3 is 2.63 bits per heavy atom. The van der Waals surface area contributed by atoms with Gasteiger partial charge in [0, 0.05) is 44.7 Å². The van der Waals surface area contributed by atoms with Gasteiger partial charge in [-0.2, -0.15) is 0 Å². The Morgan fingerprint density at radius 2 is 1.89 bits per heavy atom. The zero-order valence-electron chi connectivity index (χ0n) is 20.3. The molecule has 0 aliphatic carbocycles. The molecule has 2 aromatic heterocycles. The summed E-state index contributed by atoms with van der Waals surface area (Å²) in [5.74, 6) is 1.66. The maximum absolute atomic E-state index is 13.4. The van der Waals surface area contributed by atoms with Crippen molar-refractivity contribution in [3.05, 3.63) is 46.3 Å². The first-order valence-electron chi connectivity index (χ1n) is 12.3. The first-order chi connectivity index (χ1) is 17.0. The van der Waals surface area contributed by atoms with E-state index < -0.39 is 0 Å². The van der Waals surface area contributed by atoms with Gasteiger partial charge in [-0.05, 0) is 56.3 Å². The quantitative estimate of drug-likeness (QED) is 0.541. The van der Waals surface area contributed by atoms with E-state index in [2.05, 4.69) is 4.90 Å². The highest BCUT2D eigenvalue weighted by atomic mass is 32.1. The first kappa shape index (κ1) is 23.5. The van der Waals surface area contributed by atoms with Crippen LogP contribution in [0.3, 0.4) is 0 Å². The van der Waals surface area contributed by atoms with Crippen LogP contribution in [0.25, 0.3) is 10.9 Å². The summed E-state index contributed by atoms with van der Waals surface area (Å²) >= 11 is 1.46. The number of ether oxygens (including phenoxy) is 1. The van der Waals surface area contributed by atoms with E-state index in [4.69, 9.17) is 14.7 Å². The molecular formula is C26H31N5O3S. The molecule has 0 saturated carbocycles. The number of thiophene rings is 1. The molecule has 2 saturated heterocycles. The van der Waals surface area contributed by atoms with Gasteiger partial charge < -0.3 is 19.4 Å². The molecule has 5 rings (SSSR count). The maximum Gasteiger partial charge on any atom is 0.264 e. The van der Waals surface area contributed by atoms with Crippen molar-refractivity contribution in [2.45, 2.75) is 26.7 Å². The number of hydrogen-bond donors (Lipinski definition) is 0. The Hall–Kier alpha value is -3.20. The molecule has 2 amide bonds. The number of carbonyl (C=O) groups excluding carboxylic acids is 2. The Labute approximate surface area is 209 Å². The lowest BCUT2D eigenvalue weighted by Gasteiger charge is -2.39. The third kappa shape index (κ3) is 4.96. The van der Waals surface area contributed by atoms with E-state index in [9.17, 15) is 9.59 Å². The normalized spacial score (nSPS) is 18.7. The number of nitrogens with zero attached hydrogens (tertiary/aromatic N) is 5. The number of piperidine rings is 1. The number of aromatic nitrogens is 2. The summed E-state index contributed by atoms with van der Waals surface area (Å²) in [6.45, 7) is 8.37. The zero-order chi connectivity index (χ0) is 24.4. The van der Waals surface area contributed by atoms with Crippen LogP contribution in [0.4, 0.5) is 5.95 Å². The number of hydrogen-bond acceptors (Lipinski definition) is 7. The van der Waals surface area contributed by atoms with Crippen LogP contribution < -0.4 is 9.64 Å². The van der Waals surface area contributed by atoms with Gasteiger partial charge in [0.1, 0.15) is 5.75 Å². The first-order valence-corrected chi connectivity index (χ1v) is 13.2. The van der Waals surface area contributed by atoms with Crippen molar-refractivity contribution >= 4 is 40.0 Å². The Kier molecular flexibility index (Phi) is 6.86. The largest absolute Gasteiger partial charge is 0.494 e. The number of aryl methyl sites for hydroxylation is 1. The van der Waals surface area contributed by atoms with E-state index >= 15 is 0 Å². The number of anilines is 1. The molecule has 0 bridgehead atoms. The molecule has 184 valence electrons. The van der Waals surface area contributed by atoms with Crippen molar-refractivity contribution in [1.29, 1.82) is 0 Å². The number of fused-ring (bicyclic) bond motifs is 1. The highest BCUT2D eigenvalue weighted by Crippen LogP contribution is 2.27. The molecule has 2 aliphatic heterocycles. The summed E-state index contributed by atoms with van der Waals surface area (Å²) in [4.78, 5) is 42.2. The van der Waals surface area contributed by atoms with E-state index in [0.717, 1.165) is 46.6 Å². The van der Waals surface area contributed by atoms with Gasteiger partial charge >= 0.3 is 0 Å². The third-order valence-electron chi connectivity index (χ3n) is 6.82. The zero-order valence-corrected chi connectivity index (χ0v) is 21.1. The Morgan fingerprint density at radius 1 is 1.09 bits per heavy atom. The fourth-order valence-corrected chi connectivity index (χ4v) is 5.64. The minimum atomic E-state index is -0.0803. The molecule has 4 heterocycles. The molecule has 0 spiro atoms. The van der Waals surface area contributed by atoms with Gasteiger partial charge in [-0.25, -0.2) is 9.97 Å². The minimum Gasteiger partial charge on any atom is -0.494 e. The van der Waals surface area contributed by atoms with Crippen molar-refractivity contribution in [3.63, 3.8) is 0 Å². The van der Waals surface area contributed by atoms with Gasteiger partial charge in [0.2, 0.25) is 11.9 Å². The van der Waals surface area contributed by atoms with Gasteiger partial charge in [0.15, 0.2) is 0 Å². The number of carbonyl (C=O) groups is 2. The second-order valence-electron chi connectivity index (χ2n) is 9.10. The number of benzene rings is 1. The molecule has 0 N–H and O–H groups in total. The van der Waals surface area contributed by atoms with Crippen molar-refractivity contribution < 1.29 is 14.3 Å². The average molecular weight is 494 g/mol. The molecule has 0 radical (unpaired) electrons. The Balaban J connectivity index is 1.23. The van der Waals surface area contributed by atoms with Crippen molar-refractivity contribution in [2.24, 2.45) is 5.92 Å². The van der Waals surface area contributed by atoms with E-state index in [1.54, 1.807) is 0 Å². The molecule has 0 unspecified atom stereocenters. The van der Waals surface area contributed by atoms with E-state index in [-0.39, 0.29) is 17.7 Å². The molecule has 8 nitrogen and oxygen atoms in total. The number of amides is 2. The van der Waals surface area contributed by atoms with Crippen molar-refractivity contribution in [1.82, 2.24) is 19.8 Å². The predicted octanol–water partition coefficient (Wildman–Crippen LogP) is 3.60. The SMILES string of the molecule is CCOc1ccc2nc(N3CCC[C@@H](C(=O)N4CCN(C(=O)c5cccs5)CC4)C3)nc(C)c2c1. The fraction of sp³-hybridized carbons (Fsp3) is 0.462. The van der Waals surface area contributed by atoms with Gasteiger partial charge in [0.05, 0.1) is 28.6 Å². The minimum absolute atomic E-state index is 0.0631. The van der Waals surface area contributed by atoms with Crippen LogP contribution in [0.15, 0.2) is 35.7 Å². The van der Waals surface area contributed by atoms with Crippen LogP contribution in [0.1, 0.15) is 35.1 Å². The summed E-state index contributed by atoms with van der Waals surface area (Å²) in [5.41, 5.74) is 1.79. The van der Waals surface area contributed by atoms with Gasteiger partial charge in [-0.1, -0.05) is 6.07 Å². The maximum atomic E-state index is 13.4. The second kappa shape index (κ2) is 10.2. The smallest absolute Gasteiger partial charge is 0.264 e. The summed E-state index contributed by atoms with van der Waals surface area (Å²) in [6, 6.07) is 9.65. The third-order valence-corrected chi connectivity index (χ3v) is 7.68. The van der Waals surface area contributed by atoms with E-state index in [1.165, 1.54) is 11.3 Å². The topological polar surface area (TPSA) is 78.9 Å². The molecule has 35 heavy (non-hydrogen) atoms. The fourth-order valence-electron chi connectivity index (χ4n) is 4.95. The van der Waals surface area contributed by atoms with Crippen LogP contribution in [0.5, 0.6) is 5.75 Å². The second-order valence-corrected chi connectivity index (χ2v) is 10.0. The Bertz CT molecular complexity index is 1210. The van der Waals surface area contributed by atoms with Crippen molar-refractivity contribution in [2.75, 3.05) is 50.8 Å². The molecule has 1 atom stereocenters. The standard InChI is InChI=1S/C26H31N5O3S/c1-3-34-20-8-9-22-21(16-20)18(2)27-26(28-22)31-10-4-6-19(17-31)24(32)29-11-13-30(14-12-29)25(33)23-7-5-15-35-23/h5,7-9,15-16,19H,3-4,6,10-14,17H2,1-2H3/t19-/m1/s1. The lowest BCUT2D eigenvalue weighted by molar-refractivity contribution is -0.137. The van der Waals surface area contributed by atoms with E-state index in [1.807, 2.05) is 59.4 Å². The highest BCUT2D eigenvalue weighted by Gasteiger charge is 2.33. The summed E-state index contributed by atoms with van der Waals surface area (Å²) in [7, 11) is 0. The van der Waals surface area contributed by atoms with Gasteiger partial charge in [-0.15, -0.1) is 11.3 Å². The van der Waals surface area contributed by atoms with Crippen LogP contribution in [0.2, 0.25) is 0 Å². The number of piperazine rings is 1. The van der Waals surface area contributed by atoms with Crippen LogP contribution in [-0.4, -0.2) is 77.5 Å². The molecule has 2 aliphatic rings. The van der Waals surface area contributed by atoms with E-state index in [0.29, 0.717) is 45.3 Å². The van der Waals surface area contributed by atoms with Gasteiger partial charge in [-0.3, -0.25) is 9.59 Å². The number of rotatable bonds is 5. The van der Waals surface area contributed by atoms with Crippen LogP contribution in [-0.2, 0) is 4.79 Å². The molecule has 3 aromatic rings. The molecule has 1 aromatic carbocycles. The monoisotopic (exact) mass is 493 g/mol. The van der Waals surface area contributed by atoms with Crippen LogP contribution in [0, 0.1) is 12.8 Å². The lowest BCUT2D eigenvalue weighted by Crippen LogP contribution is -2.53. The molecule has 2 fully saturated rings. The lowest BCUT2D eigenvalue weighted by atomic mass is 9.96. The van der Waals surface area contributed by atoms with Crippen LogP contribution >= 0.6 is 11.3 Å². The molecular weight excluding hydrogens is 462 g/mol. The van der Waals surface area contributed by atoms with Crippen molar-refractivity contribution in [3.8, 4) is 5.75 Å². The average Bonchev–Trinajstić information content (AvgIpc) is 3.44. The van der Waals surface area contributed by atoms with Gasteiger partial charge in [0.25, 0.3) is 5.91 Å².